The minimum atomic E-state index is -0.785. The Bertz CT molecular complexity index is 524. The molecule has 0 aliphatic carbocycles. The minimum Gasteiger partial charge on any atom is -0.392 e. The lowest BCUT2D eigenvalue weighted by molar-refractivity contribution is -0.132. The molecule has 1 aromatic heterocycles. The molecule has 21 heavy (non-hydrogen) atoms. The van der Waals surface area contributed by atoms with Crippen LogP contribution in [0.1, 0.15) is 42.6 Å². The molecule has 0 saturated carbocycles. The fourth-order valence-electron chi connectivity index (χ4n) is 2.39. The molecule has 1 unspecified atom stereocenters. The van der Waals surface area contributed by atoms with Crippen LogP contribution in [0.25, 0.3) is 0 Å². The van der Waals surface area contributed by atoms with Crippen LogP contribution in [-0.2, 0) is 16.0 Å². The molecule has 7 heteroatoms. The summed E-state index contributed by atoms with van der Waals surface area (Å²) in [5.41, 5.74) is 5.06. The maximum absolute atomic E-state index is 12.7. The van der Waals surface area contributed by atoms with Crippen LogP contribution >= 0.6 is 23.6 Å². The van der Waals surface area contributed by atoms with Crippen LogP contribution in [-0.4, -0.2) is 29.1 Å². The Morgan fingerprint density at radius 3 is 2.81 bits per heavy atom. The highest BCUT2D eigenvalue weighted by molar-refractivity contribution is 7.80. The topological polar surface area (TPSA) is 77.2 Å². The van der Waals surface area contributed by atoms with Gasteiger partial charge in [-0.05, 0) is 26.2 Å². The average molecular weight is 327 g/mol. The van der Waals surface area contributed by atoms with Gasteiger partial charge in [0.2, 0.25) is 5.91 Å². The number of ether oxygens (including phenoxy) is 1. The smallest absolute Gasteiger partial charge is 0.233 e. The maximum Gasteiger partial charge on any atom is 0.233 e. The Balaban J connectivity index is 2.09. The van der Waals surface area contributed by atoms with E-state index in [1.165, 1.54) is 4.88 Å². The number of thiazole rings is 1. The van der Waals surface area contributed by atoms with Crippen molar-refractivity contribution >= 4 is 34.5 Å². The molecule has 1 saturated heterocycles. The van der Waals surface area contributed by atoms with Gasteiger partial charge in [0.05, 0.1) is 11.0 Å². The van der Waals surface area contributed by atoms with Crippen molar-refractivity contribution in [2.75, 3.05) is 13.2 Å². The van der Waals surface area contributed by atoms with E-state index < -0.39 is 5.41 Å². The first-order valence-electron chi connectivity index (χ1n) is 7.13. The fraction of sp³-hybridized carbons (Fsp3) is 0.643. The van der Waals surface area contributed by atoms with Crippen LogP contribution in [0.4, 0.5) is 0 Å². The van der Waals surface area contributed by atoms with Crippen molar-refractivity contribution in [3.05, 3.63) is 16.1 Å². The lowest BCUT2D eigenvalue weighted by atomic mass is 9.79. The van der Waals surface area contributed by atoms with E-state index in [2.05, 4.69) is 17.2 Å². The molecule has 1 aromatic rings. The van der Waals surface area contributed by atoms with Crippen LogP contribution in [0, 0.1) is 5.41 Å². The number of carbonyl (C=O) groups excluding carboxylic acids is 1. The number of nitrogens with two attached hydrogens (primary N) is 1. The third-order valence-corrected chi connectivity index (χ3v) is 5.61. The number of amides is 1. The molecule has 5 nitrogen and oxygen atoms in total. The van der Waals surface area contributed by atoms with E-state index in [9.17, 15) is 4.79 Å². The summed E-state index contributed by atoms with van der Waals surface area (Å²) in [5, 5.41) is 3.92. The largest absolute Gasteiger partial charge is 0.392 e. The number of hydrogen-bond donors (Lipinski definition) is 2. The molecule has 0 spiro atoms. The highest BCUT2D eigenvalue weighted by Gasteiger charge is 2.43. The van der Waals surface area contributed by atoms with E-state index in [-0.39, 0.29) is 16.9 Å². The van der Waals surface area contributed by atoms with Crippen LogP contribution in [0.15, 0.2) is 6.20 Å². The Hall–Kier alpha value is -1.05. The molecule has 1 fully saturated rings. The van der Waals surface area contributed by atoms with Gasteiger partial charge in [0.1, 0.15) is 10.4 Å². The van der Waals surface area contributed by atoms with Crippen molar-refractivity contribution in [1.29, 1.82) is 0 Å². The molecule has 0 radical (unpaired) electrons. The van der Waals surface area contributed by atoms with E-state index in [0.717, 1.165) is 11.4 Å². The standard InChI is InChI=1S/C14H21N3O2S2/c1-3-10-8-16-11(21-10)9(2)17-13(18)14(12(15)20)4-6-19-7-5-14/h8-9H,3-7H2,1-2H3,(H2,15,20)(H,17,18). The summed E-state index contributed by atoms with van der Waals surface area (Å²) in [4.78, 5) is 18.5. The summed E-state index contributed by atoms with van der Waals surface area (Å²) in [6.07, 6.45) is 3.89. The molecular formula is C14H21N3O2S2. The molecule has 1 amide bonds. The molecule has 116 valence electrons. The SMILES string of the molecule is CCc1cnc(C(C)NC(=O)C2(C(N)=S)CCOCC2)s1. The first-order chi connectivity index (χ1) is 9.99. The van der Waals surface area contributed by atoms with E-state index in [0.29, 0.717) is 26.1 Å². The third kappa shape index (κ3) is 3.41. The van der Waals surface area contributed by atoms with Gasteiger partial charge in [0.15, 0.2) is 0 Å². The summed E-state index contributed by atoms with van der Waals surface area (Å²) >= 11 is 6.77. The Morgan fingerprint density at radius 2 is 2.29 bits per heavy atom. The van der Waals surface area contributed by atoms with E-state index in [1.807, 2.05) is 13.1 Å². The van der Waals surface area contributed by atoms with Crippen molar-refractivity contribution in [2.24, 2.45) is 11.1 Å². The van der Waals surface area contributed by atoms with Gasteiger partial charge in [-0.1, -0.05) is 19.1 Å². The Labute approximate surface area is 134 Å². The molecule has 1 atom stereocenters. The summed E-state index contributed by atoms with van der Waals surface area (Å²) in [6.45, 7) is 5.04. The quantitative estimate of drug-likeness (QED) is 0.809. The summed E-state index contributed by atoms with van der Waals surface area (Å²) in [5.74, 6) is -0.112. The molecule has 0 aromatic carbocycles. The molecule has 1 aliphatic heterocycles. The van der Waals surface area contributed by atoms with Crippen LogP contribution in [0.5, 0.6) is 0 Å². The molecule has 3 N–H and O–H groups in total. The highest BCUT2D eigenvalue weighted by Crippen LogP contribution is 2.32. The number of thiocarbonyl (C=S) groups is 1. The Kier molecular flexibility index (Phi) is 5.29. The van der Waals surface area contributed by atoms with Gasteiger partial charge < -0.3 is 15.8 Å². The number of carbonyl (C=O) groups is 1. The van der Waals surface area contributed by atoms with Crippen molar-refractivity contribution in [2.45, 2.75) is 39.2 Å². The average Bonchev–Trinajstić information content (AvgIpc) is 2.96. The zero-order valence-electron chi connectivity index (χ0n) is 12.3. The summed E-state index contributed by atoms with van der Waals surface area (Å²) in [6, 6.07) is -0.142. The first-order valence-corrected chi connectivity index (χ1v) is 8.35. The third-order valence-electron chi connectivity index (χ3n) is 3.89. The molecule has 2 rings (SSSR count). The zero-order valence-corrected chi connectivity index (χ0v) is 14.0. The van der Waals surface area contributed by atoms with Gasteiger partial charge in [-0.25, -0.2) is 4.98 Å². The second-order valence-electron chi connectivity index (χ2n) is 5.27. The second kappa shape index (κ2) is 6.81. The van der Waals surface area contributed by atoms with Crippen molar-refractivity contribution in [3.8, 4) is 0 Å². The van der Waals surface area contributed by atoms with E-state index in [1.54, 1.807) is 11.3 Å². The number of aryl methyl sites for hydroxylation is 1. The van der Waals surface area contributed by atoms with Gasteiger partial charge in [-0.2, -0.15) is 0 Å². The van der Waals surface area contributed by atoms with E-state index >= 15 is 0 Å². The molecular weight excluding hydrogens is 306 g/mol. The maximum atomic E-state index is 12.7. The van der Waals surface area contributed by atoms with Crippen LogP contribution < -0.4 is 11.1 Å². The Morgan fingerprint density at radius 1 is 1.62 bits per heavy atom. The van der Waals surface area contributed by atoms with E-state index in [4.69, 9.17) is 22.7 Å². The monoisotopic (exact) mass is 327 g/mol. The second-order valence-corrected chi connectivity index (χ2v) is 6.86. The molecule has 2 heterocycles. The number of rotatable bonds is 5. The van der Waals surface area contributed by atoms with Crippen molar-refractivity contribution in [1.82, 2.24) is 10.3 Å². The lowest BCUT2D eigenvalue weighted by Gasteiger charge is -2.35. The van der Waals surface area contributed by atoms with Gasteiger partial charge >= 0.3 is 0 Å². The fourth-order valence-corrected chi connectivity index (χ4v) is 3.54. The molecule has 0 bridgehead atoms. The highest BCUT2D eigenvalue weighted by atomic mass is 32.1. The van der Waals surface area contributed by atoms with Gasteiger partial charge in [0.25, 0.3) is 0 Å². The predicted octanol–water partition coefficient (Wildman–Crippen LogP) is 1.97. The minimum absolute atomic E-state index is 0.112. The number of nitrogens with one attached hydrogen (secondary N) is 1. The first kappa shape index (κ1) is 16.3. The number of hydrogen-bond acceptors (Lipinski definition) is 5. The van der Waals surface area contributed by atoms with Crippen LogP contribution in [0.2, 0.25) is 0 Å². The summed E-state index contributed by atoms with van der Waals surface area (Å²) < 4.78 is 5.33. The molecule has 1 aliphatic rings. The zero-order chi connectivity index (χ0) is 15.5. The van der Waals surface area contributed by atoms with Gasteiger partial charge in [-0.15, -0.1) is 11.3 Å². The lowest BCUT2D eigenvalue weighted by Crippen LogP contribution is -2.52. The van der Waals surface area contributed by atoms with Gasteiger partial charge in [0, 0.05) is 24.3 Å². The summed E-state index contributed by atoms with van der Waals surface area (Å²) in [7, 11) is 0. The van der Waals surface area contributed by atoms with Crippen LogP contribution in [0.3, 0.4) is 0 Å². The predicted molar refractivity (Wildman–Crippen MR) is 87.3 cm³/mol. The number of aromatic nitrogens is 1. The van der Waals surface area contributed by atoms with Crippen molar-refractivity contribution < 1.29 is 9.53 Å². The van der Waals surface area contributed by atoms with Crippen molar-refractivity contribution in [3.63, 3.8) is 0 Å². The van der Waals surface area contributed by atoms with Gasteiger partial charge in [-0.3, -0.25) is 4.79 Å². The normalized spacial score (nSPS) is 19.0. The number of nitrogens with zero attached hydrogens (tertiary/aromatic N) is 1.